The molecule has 2 aliphatic carbocycles. The van der Waals surface area contributed by atoms with Crippen LogP contribution in [-0.2, 0) is 0 Å². The SMILES string of the molecule is O=C(NCC1(O)CCCCC1)c1cc(N(CC2CCCC2)c2ccnc(=O)[nH]2)ccc1Cl. The van der Waals surface area contributed by atoms with Gasteiger partial charge in [0.2, 0.25) is 0 Å². The van der Waals surface area contributed by atoms with Gasteiger partial charge in [0.1, 0.15) is 5.82 Å². The fourth-order valence-electron chi connectivity index (χ4n) is 4.89. The van der Waals surface area contributed by atoms with Gasteiger partial charge in [-0.05, 0) is 55.9 Å². The van der Waals surface area contributed by atoms with Crippen LogP contribution in [0.15, 0.2) is 35.3 Å². The van der Waals surface area contributed by atoms with E-state index in [0.717, 1.165) is 44.3 Å². The zero-order valence-electron chi connectivity index (χ0n) is 18.3. The van der Waals surface area contributed by atoms with Crippen LogP contribution in [0, 0.1) is 5.92 Å². The topological polar surface area (TPSA) is 98.3 Å². The van der Waals surface area contributed by atoms with Crippen molar-refractivity contribution in [3.63, 3.8) is 0 Å². The minimum atomic E-state index is -0.844. The van der Waals surface area contributed by atoms with Crippen LogP contribution in [0.25, 0.3) is 0 Å². The van der Waals surface area contributed by atoms with Gasteiger partial charge in [-0.3, -0.25) is 9.78 Å². The lowest BCUT2D eigenvalue weighted by Gasteiger charge is -2.32. The van der Waals surface area contributed by atoms with Crippen molar-refractivity contribution in [2.75, 3.05) is 18.0 Å². The van der Waals surface area contributed by atoms with Crippen LogP contribution in [0.3, 0.4) is 0 Å². The van der Waals surface area contributed by atoms with Crippen LogP contribution in [0.1, 0.15) is 68.1 Å². The number of aliphatic hydroxyl groups is 1. The van der Waals surface area contributed by atoms with E-state index >= 15 is 0 Å². The predicted octanol–water partition coefficient (Wildman–Crippen LogP) is 4.18. The molecular weight excluding hydrogens is 428 g/mol. The quantitative estimate of drug-likeness (QED) is 0.578. The van der Waals surface area contributed by atoms with Crippen LogP contribution in [0.5, 0.6) is 0 Å². The van der Waals surface area contributed by atoms with Gasteiger partial charge in [0.15, 0.2) is 0 Å². The van der Waals surface area contributed by atoms with E-state index in [1.807, 2.05) is 11.0 Å². The van der Waals surface area contributed by atoms with Crippen molar-refractivity contribution in [1.29, 1.82) is 0 Å². The first-order chi connectivity index (χ1) is 15.4. The van der Waals surface area contributed by atoms with Crippen LogP contribution in [0.4, 0.5) is 11.5 Å². The summed E-state index contributed by atoms with van der Waals surface area (Å²) in [7, 11) is 0. The number of amides is 1. The third-order valence-electron chi connectivity index (χ3n) is 6.73. The number of halogens is 1. The van der Waals surface area contributed by atoms with Crippen molar-refractivity contribution in [2.45, 2.75) is 63.4 Å². The maximum absolute atomic E-state index is 13.0. The van der Waals surface area contributed by atoms with E-state index in [4.69, 9.17) is 11.6 Å². The van der Waals surface area contributed by atoms with Gasteiger partial charge in [0, 0.05) is 25.0 Å². The van der Waals surface area contributed by atoms with Crippen molar-refractivity contribution in [2.24, 2.45) is 5.92 Å². The maximum atomic E-state index is 13.0. The fraction of sp³-hybridized carbons (Fsp3) is 0.542. The molecule has 0 spiro atoms. The van der Waals surface area contributed by atoms with Gasteiger partial charge in [-0.15, -0.1) is 0 Å². The molecule has 0 saturated heterocycles. The normalized spacial score (nSPS) is 18.4. The molecule has 1 heterocycles. The van der Waals surface area contributed by atoms with E-state index in [1.165, 1.54) is 19.0 Å². The molecule has 2 aliphatic rings. The minimum Gasteiger partial charge on any atom is -0.388 e. The minimum absolute atomic E-state index is 0.218. The van der Waals surface area contributed by atoms with E-state index < -0.39 is 11.3 Å². The Kier molecular flexibility index (Phi) is 7.16. The summed E-state index contributed by atoms with van der Waals surface area (Å²) < 4.78 is 0. The Morgan fingerprint density at radius 3 is 2.66 bits per heavy atom. The number of hydrogen-bond donors (Lipinski definition) is 3. The molecule has 32 heavy (non-hydrogen) atoms. The standard InChI is InChI=1S/C24H31ClN4O3/c25-20-9-8-18(14-19(20)22(30)27-16-24(32)11-4-1-5-12-24)29(15-17-6-2-3-7-17)21-10-13-26-23(31)28-21/h8-10,13-14,17,32H,1-7,11-12,15-16H2,(H,27,30)(H,26,28,31). The van der Waals surface area contributed by atoms with Gasteiger partial charge >= 0.3 is 5.69 Å². The molecule has 8 heteroatoms. The number of aromatic nitrogens is 2. The summed E-state index contributed by atoms with van der Waals surface area (Å²) in [4.78, 5) is 33.4. The molecule has 0 atom stereocenters. The number of nitrogens with one attached hydrogen (secondary N) is 2. The summed E-state index contributed by atoms with van der Waals surface area (Å²) in [6, 6.07) is 7.10. The van der Waals surface area contributed by atoms with E-state index in [9.17, 15) is 14.7 Å². The van der Waals surface area contributed by atoms with Crippen molar-refractivity contribution in [3.05, 3.63) is 51.5 Å². The van der Waals surface area contributed by atoms with Crippen LogP contribution >= 0.6 is 11.6 Å². The summed E-state index contributed by atoms with van der Waals surface area (Å²) >= 11 is 6.38. The Morgan fingerprint density at radius 2 is 1.94 bits per heavy atom. The predicted molar refractivity (Wildman–Crippen MR) is 126 cm³/mol. The van der Waals surface area contributed by atoms with E-state index in [0.29, 0.717) is 35.2 Å². The molecule has 2 aromatic rings. The first-order valence-electron chi connectivity index (χ1n) is 11.6. The number of aromatic amines is 1. The molecule has 0 radical (unpaired) electrons. The molecule has 2 fully saturated rings. The van der Waals surface area contributed by atoms with Crippen LogP contribution in [0.2, 0.25) is 5.02 Å². The molecule has 7 nitrogen and oxygen atoms in total. The zero-order valence-corrected chi connectivity index (χ0v) is 19.0. The highest BCUT2D eigenvalue weighted by molar-refractivity contribution is 6.34. The molecule has 172 valence electrons. The third kappa shape index (κ3) is 5.51. The number of carbonyl (C=O) groups is 1. The van der Waals surface area contributed by atoms with Gasteiger partial charge < -0.3 is 15.3 Å². The largest absolute Gasteiger partial charge is 0.388 e. The molecule has 1 aromatic heterocycles. The summed E-state index contributed by atoms with van der Waals surface area (Å²) in [5.41, 5.74) is -0.115. The second-order valence-corrected chi connectivity index (χ2v) is 9.56. The van der Waals surface area contributed by atoms with Gasteiger partial charge in [0.25, 0.3) is 5.91 Å². The average molecular weight is 459 g/mol. The molecule has 1 aromatic carbocycles. The maximum Gasteiger partial charge on any atom is 0.346 e. The number of carbonyl (C=O) groups excluding carboxylic acids is 1. The van der Waals surface area contributed by atoms with Crippen molar-refractivity contribution in [1.82, 2.24) is 15.3 Å². The molecule has 2 saturated carbocycles. The highest BCUT2D eigenvalue weighted by atomic mass is 35.5. The number of rotatable bonds is 7. The first-order valence-corrected chi connectivity index (χ1v) is 11.9. The summed E-state index contributed by atoms with van der Waals surface area (Å²) in [5.74, 6) is 0.849. The number of benzene rings is 1. The van der Waals surface area contributed by atoms with Gasteiger partial charge in [-0.1, -0.05) is 43.7 Å². The number of nitrogens with zero attached hydrogens (tertiary/aromatic N) is 2. The van der Waals surface area contributed by atoms with Gasteiger partial charge in [-0.2, -0.15) is 0 Å². The van der Waals surface area contributed by atoms with Crippen molar-refractivity contribution < 1.29 is 9.90 Å². The van der Waals surface area contributed by atoms with Gasteiger partial charge in [0.05, 0.1) is 16.2 Å². The van der Waals surface area contributed by atoms with E-state index in [1.54, 1.807) is 18.2 Å². The Labute approximate surface area is 193 Å². The number of H-pyrrole nitrogens is 1. The van der Waals surface area contributed by atoms with Crippen molar-refractivity contribution >= 4 is 29.0 Å². The van der Waals surface area contributed by atoms with E-state index in [-0.39, 0.29) is 12.5 Å². The average Bonchev–Trinajstić information content (AvgIpc) is 3.30. The molecular formula is C24H31ClN4O3. The monoisotopic (exact) mass is 458 g/mol. The molecule has 1 amide bonds. The summed E-state index contributed by atoms with van der Waals surface area (Å²) in [5, 5.41) is 13.9. The Hall–Kier alpha value is -2.38. The molecule has 0 aliphatic heterocycles. The van der Waals surface area contributed by atoms with Crippen molar-refractivity contribution in [3.8, 4) is 0 Å². The zero-order chi connectivity index (χ0) is 22.6. The Morgan fingerprint density at radius 1 is 1.19 bits per heavy atom. The highest BCUT2D eigenvalue weighted by Crippen LogP contribution is 2.33. The smallest absolute Gasteiger partial charge is 0.346 e. The van der Waals surface area contributed by atoms with Crippen LogP contribution in [-0.4, -0.2) is 39.7 Å². The molecule has 4 rings (SSSR count). The Balaban J connectivity index is 1.57. The second-order valence-electron chi connectivity index (χ2n) is 9.15. The molecule has 0 unspecified atom stereocenters. The molecule has 3 N–H and O–H groups in total. The Bertz CT molecular complexity index is 997. The lowest BCUT2D eigenvalue weighted by molar-refractivity contribution is 0.00526. The van der Waals surface area contributed by atoms with E-state index in [2.05, 4.69) is 15.3 Å². The van der Waals surface area contributed by atoms with Gasteiger partial charge in [-0.25, -0.2) is 9.78 Å². The first kappa shape index (κ1) is 22.8. The summed E-state index contributed by atoms with van der Waals surface area (Å²) in [6.07, 6.45) is 10.7. The van der Waals surface area contributed by atoms with Crippen LogP contribution < -0.4 is 15.9 Å². The second kappa shape index (κ2) is 10.0. The fourth-order valence-corrected chi connectivity index (χ4v) is 5.10. The number of hydrogen-bond acceptors (Lipinski definition) is 5. The molecule has 0 bridgehead atoms. The third-order valence-corrected chi connectivity index (χ3v) is 7.06. The lowest BCUT2D eigenvalue weighted by atomic mass is 9.85. The number of anilines is 2. The lowest BCUT2D eigenvalue weighted by Crippen LogP contribution is -2.44. The summed E-state index contributed by atoms with van der Waals surface area (Å²) in [6.45, 7) is 0.957. The highest BCUT2D eigenvalue weighted by Gasteiger charge is 2.30.